The first-order valence-electron chi connectivity index (χ1n) is 6.78. The minimum absolute atomic E-state index is 0.0240. The van der Waals surface area contributed by atoms with E-state index in [0.717, 1.165) is 12.5 Å². The van der Waals surface area contributed by atoms with Gasteiger partial charge in [-0.25, -0.2) is 4.39 Å². The van der Waals surface area contributed by atoms with Crippen LogP contribution in [0.25, 0.3) is 0 Å². The Bertz CT molecular complexity index is 475. The summed E-state index contributed by atoms with van der Waals surface area (Å²) in [6.45, 7) is 7.35. The molecule has 1 aromatic carbocycles. The minimum Gasteiger partial charge on any atom is -0.508 e. The Morgan fingerprint density at radius 1 is 1.45 bits per heavy atom. The average Bonchev–Trinajstić information content (AvgIpc) is 2.37. The molecule has 0 aromatic heterocycles. The fourth-order valence-corrected chi connectivity index (χ4v) is 1.95. The Labute approximate surface area is 119 Å². The molecule has 20 heavy (non-hydrogen) atoms. The number of carbonyl (C=O) groups excluding carboxylic acids is 1. The number of phenols is 1. The SMILES string of the molecule is CCCN(CC(C)(C)CN)C(=O)c1ccc(O)cc1F. The van der Waals surface area contributed by atoms with E-state index >= 15 is 0 Å². The fourth-order valence-electron chi connectivity index (χ4n) is 1.95. The van der Waals surface area contributed by atoms with Gasteiger partial charge in [0, 0.05) is 19.2 Å². The number of aromatic hydroxyl groups is 1. The second kappa shape index (κ2) is 6.70. The van der Waals surface area contributed by atoms with Gasteiger partial charge in [0.15, 0.2) is 0 Å². The fraction of sp³-hybridized carbons (Fsp3) is 0.533. The zero-order valence-corrected chi connectivity index (χ0v) is 12.3. The molecular formula is C15H23FN2O2. The van der Waals surface area contributed by atoms with Crippen LogP contribution in [0.4, 0.5) is 4.39 Å². The first-order chi connectivity index (χ1) is 9.30. The summed E-state index contributed by atoms with van der Waals surface area (Å²) >= 11 is 0. The third-order valence-electron chi connectivity index (χ3n) is 3.14. The van der Waals surface area contributed by atoms with Crippen molar-refractivity contribution in [1.29, 1.82) is 0 Å². The molecule has 1 rings (SSSR count). The van der Waals surface area contributed by atoms with E-state index in [1.54, 1.807) is 4.90 Å². The maximum atomic E-state index is 13.8. The molecule has 112 valence electrons. The molecule has 0 fully saturated rings. The maximum Gasteiger partial charge on any atom is 0.256 e. The van der Waals surface area contributed by atoms with Gasteiger partial charge in [0.25, 0.3) is 5.91 Å². The monoisotopic (exact) mass is 282 g/mol. The van der Waals surface area contributed by atoms with Crippen LogP contribution in [0.2, 0.25) is 0 Å². The number of carbonyl (C=O) groups is 1. The average molecular weight is 282 g/mol. The highest BCUT2D eigenvalue weighted by Gasteiger charge is 2.25. The summed E-state index contributed by atoms with van der Waals surface area (Å²) < 4.78 is 13.8. The van der Waals surface area contributed by atoms with E-state index in [1.807, 2.05) is 20.8 Å². The smallest absolute Gasteiger partial charge is 0.256 e. The van der Waals surface area contributed by atoms with Gasteiger partial charge in [-0.1, -0.05) is 20.8 Å². The second-order valence-corrected chi connectivity index (χ2v) is 5.76. The summed E-state index contributed by atoms with van der Waals surface area (Å²) in [4.78, 5) is 14.0. The minimum atomic E-state index is -0.707. The molecule has 0 radical (unpaired) electrons. The first-order valence-corrected chi connectivity index (χ1v) is 6.78. The van der Waals surface area contributed by atoms with Gasteiger partial charge < -0.3 is 15.7 Å². The summed E-state index contributed by atoms with van der Waals surface area (Å²) in [6, 6.07) is 3.57. The molecule has 1 amide bonds. The molecule has 0 saturated heterocycles. The van der Waals surface area contributed by atoms with Gasteiger partial charge in [-0.15, -0.1) is 0 Å². The van der Waals surface area contributed by atoms with Gasteiger partial charge in [0.05, 0.1) is 5.56 Å². The normalized spacial score (nSPS) is 11.4. The zero-order chi connectivity index (χ0) is 15.3. The van der Waals surface area contributed by atoms with E-state index in [0.29, 0.717) is 19.6 Å². The summed E-state index contributed by atoms with van der Waals surface area (Å²) in [7, 11) is 0. The number of rotatable bonds is 6. The summed E-state index contributed by atoms with van der Waals surface area (Å²) in [5.41, 5.74) is 5.45. The molecule has 0 atom stereocenters. The van der Waals surface area contributed by atoms with Crippen LogP contribution in [-0.2, 0) is 0 Å². The van der Waals surface area contributed by atoms with Crippen LogP contribution in [0.3, 0.4) is 0 Å². The Morgan fingerprint density at radius 3 is 2.60 bits per heavy atom. The van der Waals surface area contributed by atoms with Crippen molar-refractivity contribution in [1.82, 2.24) is 4.90 Å². The number of nitrogens with zero attached hydrogens (tertiary/aromatic N) is 1. The number of benzene rings is 1. The zero-order valence-electron chi connectivity index (χ0n) is 12.3. The lowest BCUT2D eigenvalue weighted by molar-refractivity contribution is 0.0684. The number of amides is 1. The molecule has 0 aliphatic carbocycles. The van der Waals surface area contributed by atoms with Crippen LogP contribution in [0, 0.1) is 11.2 Å². The van der Waals surface area contributed by atoms with Crippen LogP contribution >= 0.6 is 0 Å². The van der Waals surface area contributed by atoms with Crippen molar-refractivity contribution in [2.45, 2.75) is 27.2 Å². The number of phenolic OH excluding ortho intramolecular Hbond substituents is 1. The highest BCUT2D eigenvalue weighted by molar-refractivity contribution is 5.94. The molecule has 0 spiro atoms. The molecule has 0 aliphatic rings. The lowest BCUT2D eigenvalue weighted by Gasteiger charge is -2.31. The van der Waals surface area contributed by atoms with Crippen LogP contribution in [0.1, 0.15) is 37.6 Å². The van der Waals surface area contributed by atoms with Crippen LogP contribution in [0.15, 0.2) is 18.2 Å². The van der Waals surface area contributed by atoms with Crippen molar-refractivity contribution in [3.05, 3.63) is 29.6 Å². The quantitative estimate of drug-likeness (QED) is 0.841. The summed E-state index contributed by atoms with van der Waals surface area (Å²) in [6.07, 6.45) is 0.784. The van der Waals surface area contributed by atoms with E-state index in [9.17, 15) is 14.3 Å². The van der Waals surface area contributed by atoms with Crippen molar-refractivity contribution in [2.24, 2.45) is 11.1 Å². The van der Waals surface area contributed by atoms with Crippen molar-refractivity contribution in [2.75, 3.05) is 19.6 Å². The Morgan fingerprint density at radius 2 is 2.10 bits per heavy atom. The predicted octanol–water partition coefficient (Wildman–Crippen LogP) is 2.37. The third-order valence-corrected chi connectivity index (χ3v) is 3.14. The summed E-state index contributed by atoms with van der Waals surface area (Å²) in [5.74, 6) is -1.27. The maximum absolute atomic E-state index is 13.8. The molecule has 0 heterocycles. The Kier molecular flexibility index (Phi) is 5.51. The molecule has 3 N–H and O–H groups in total. The molecule has 0 bridgehead atoms. The molecule has 0 aliphatic heterocycles. The third kappa shape index (κ3) is 4.20. The topological polar surface area (TPSA) is 66.6 Å². The second-order valence-electron chi connectivity index (χ2n) is 5.76. The lowest BCUT2D eigenvalue weighted by atomic mass is 9.92. The van der Waals surface area contributed by atoms with Crippen molar-refractivity contribution >= 4 is 5.91 Å². The van der Waals surface area contributed by atoms with Crippen molar-refractivity contribution in [3.8, 4) is 5.75 Å². The van der Waals surface area contributed by atoms with Crippen LogP contribution in [-0.4, -0.2) is 35.5 Å². The standard InChI is InChI=1S/C15H23FN2O2/c1-4-7-18(10-15(2,3)9-17)14(20)12-6-5-11(19)8-13(12)16/h5-6,8,19H,4,7,9-10,17H2,1-3H3. The highest BCUT2D eigenvalue weighted by Crippen LogP contribution is 2.20. The van der Waals surface area contributed by atoms with E-state index < -0.39 is 5.82 Å². The Hall–Kier alpha value is -1.62. The molecular weight excluding hydrogens is 259 g/mol. The van der Waals surface area contributed by atoms with Gasteiger partial charge in [0.2, 0.25) is 0 Å². The summed E-state index contributed by atoms with van der Waals surface area (Å²) in [5, 5.41) is 9.20. The van der Waals surface area contributed by atoms with Crippen LogP contribution in [0.5, 0.6) is 5.75 Å². The Balaban J connectivity index is 2.99. The van der Waals surface area contributed by atoms with Crippen molar-refractivity contribution < 1.29 is 14.3 Å². The van der Waals surface area contributed by atoms with E-state index in [4.69, 9.17) is 5.73 Å². The van der Waals surface area contributed by atoms with Gasteiger partial charge in [-0.2, -0.15) is 0 Å². The predicted molar refractivity (Wildman–Crippen MR) is 77.1 cm³/mol. The van der Waals surface area contributed by atoms with Crippen LogP contribution < -0.4 is 5.73 Å². The molecule has 0 saturated carbocycles. The molecule has 4 nitrogen and oxygen atoms in total. The number of nitrogens with two attached hydrogens (primary N) is 1. The largest absolute Gasteiger partial charge is 0.508 e. The molecule has 1 aromatic rings. The van der Waals surface area contributed by atoms with Gasteiger partial charge >= 0.3 is 0 Å². The number of halogens is 1. The molecule has 0 unspecified atom stereocenters. The van der Waals surface area contributed by atoms with Gasteiger partial charge in [-0.3, -0.25) is 4.79 Å². The number of hydrogen-bond donors (Lipinski definition) is 2. The molecule has 5 heteroatoms. The van der Waals surface area contributed by atoms with Gasteiger partial charge in [0.1, 0.15) is 11.6 Å². The first kappa shape index (κ1) is 16.4. The van der Waals surface area contributed by atoms with Crippen molar-refractivity contribution in [3.63, 3.8) is 0 Å². The van der Waals surface area contributed by atoms with E-state index in [-0.39, 0.29) is 22.6 Å². The van der Waals surface area contributed by atoms with Gasteiger partial charge in [-0.05, 0) is 30.5 Å². The van der Waals surface area contributed by atoms with E-state index in [2.05, 4.69) is 0 Å². The lowest BCUT2D eigenvalue weighted by Crippen LogP contribution is -2.42. The number of hydrogen-bond acceptors (Lipinski definition) is 3. The van der Waals surface area contributed by atoms with E-state index in [1.165, 1.54) is 12.1 Å². The highest BCUT2D eigenvalue weighted by atomic mass is 19.1.